The van der Waals surface area contributed by atoms with E-state index in [-0.39, 0.29) is 30.5 Å². The molecule has 0 unspecified atom stereocenters. The van der Waals surface area contributed by atoms with E-state index in [4.69, 9.17) is 0 Å². The van der Waals surface area contributed by atoms with Gasteiger partial charge < -0.3 is 5.32 Å². The molecule has 1 amide bonds. The summed E-state index contributed by atoms with van der Waals surface area (Å²) in [6.45, 7) is 12.0. The molecule has 2 rings (SSSR count). The van der Waals surface area contributed by atoms with E-state index < -0.39 is 26.6 Å². The first-order chi connectivity index (χ1) is 14.0. The Morgan fingerprint density at radius 2 is 1.53 bits per heavy atom. The fraction of sp³-hybridized carbons (Fsp3) is 0.435. The summed E-state index contributed by atoms with van der Waals surface area (Å²) >= 11 is 0. The minimum absolute atomic E-state index is 0.0930. The summed E-state index contributed by atoms with van der Waals surface area (Å²) in [7, 11) is -4.03. The van der Waals surface area contributed by atoms with Crippen LogP contribution in [0, 0.1) is 5.82 Å². The molecule has 0 bridgehead atoms. The van der Waals surface area contributed by atoms with Crippen LogP contribution in [0.5, 0.6) is 0 Å². The SMILES string of the molecule is CCN(CC)S(=O)(=O)c1cc(C(=O)Nc2c(C(C)C)cccc2C(C)C)ccc1F. The van der Waals surface area contributed by atoms with Gasteiger partial charge in [0.05, 0.1) is 0 Å². The zero-order valence-corrected chi connectivity index (χ0v) is 19.3. The number of amides is 1. The fourth-order valence-electron chi connectivity index (χ4n) is 3.43. The third kappa shape index (κ3) is 4.90. The van der Waals surface area contributed by atoms with Gasteiger partial charge in [-0.1, -0.05) is 59.7 Å². The van der Waals surface area contributed by atoms with E-state index in [0.717, 1.165) is 33.3 Å². The number of benzene rings is 2. The van der Waals surface area contributed by atoms with E-state index in [1.807, 2.05) is 45.9 Å². The van der Waals surface area contributed by atoms with Crippen molar-refractivity contribution < 1.29 is 17.6 Å². The van der Waals surface area contributed by atoms with Crippen molar-refractivity contribution in [2.75, 3.05) is 18.4 Å². The molecule has 0 heterocycles. The first-order valence-corrected chi connectivity index (χ1v) is 11.7. The lowest BCUT2D eigenvalue weighted by Gasteiger charge is -2.21. The van der Waals surface area contributed by atoms with E-state index in [0.29, 0.717) is 0 Å². The van der Waals surface area contributed by atoms with Gasteiger partial charge in [-0.15, -0.1) is 0 Å². The molecular weight excluding hydrogens is 403 g/mol. The van der Waals surface area contributed by atoms with Crippen LogP contribution in [0.3, 0.4) is 0 Å². The monoisotopic (exact) mass is 434 g/mol. The second-order valence-corrected chi connectivity index (χ2v) is 9.72. The molecule has 0 saturated carbocycles. The van der Waals surface area contributed by atoms with Gasteiger partial charge in [-0.3, -0.25) is 4.79 Å². The van der Waals surface area contributed by atoms with Gasteiger partial charge in [0.1, 0.15) is 10.7 Å². The van der Waals surface area contributed by atoms with Crippen molar-refractivity contribution in [3.8, 4) is 0 Å². The van der Waals surface area contributed by atoms with Crippen LogP contribution < -0.4 is 5.32 Å². The zero-order chi connectivity index (χ0) is 22.6. The van der Waals surface area contributed by atoms with E-state index in [2.05, 4.69) is 5.32 Å². The molecule has 0 atom stereocenters. The Morgan fingerprint density at radius 3 is 2.00 bits per heavy atom. The minimum Gasteiger partial charge on any atom is -0.321 e. The third-order valence-corrected chi connectivity index (χ3v) is 7.19. The third-order valence-electron chi connectivity index (χ3n) is 5.13. The topological polar surface area (TPSA) is 66.5 Å². The van der Waals surface area contributed by atoms with Crippen LogP contribution in [0.4, 0.5) is 10.1 Å². The highest BCUT2D eigenvalue weighted by Crippen LogP contribution is 2.33. The summed E-state index contributed by atoms with van der Waals surface area (Å²) in [5.41, 5.74) is 2.81. The molecule has 2 aromatic rings. The van der Waals surface area contributed by atoms with Gasteiger partial charge >= 0.3 is 0 Å². The molecule has 0 radical (unpaired) electrons. The van der Waals surface area contributed by atoms with Crippen LogP contribution in [0.2, 0.25) is 0 Å². The Bertz CT molecular complexity index is 987. The molecule has 1 N–H and O–H groups in total. The molecule has 164 valence electrons. The number of carbonyl (C=O) groups excluding carboxylic acids is 1. The average Bonchev–Trinajstić information content (AvgIpc) is 2.68. The largest absolute Gasteiger partial charge is 0.321 e. The lowest BCUT2D eigenvalue weighted by molar-refractivity contribution is 0.102. The van der Waals surface area contributed by atoms with Crippen molar-refractivity contribution in [2.45, 2.75) is 58.3 Å². The van der Waals surface area contributed by atoms with Gasteiger partial charge in [0, 0.05) is 24.3 Å². The standard InChI is InChI=1S/C23H31FN2O3S/c1-7-26(8-2)30(28,29)21-14-17(12-13-20(21)24)23(27)25-22-18(15(3)4)10-9-11-19(22)16(5)6/h9-16H,7-8H2,1-6H3,(H,25,27). The van der Waals surface area contributed by atoms with Crippen LogP contribution in [0.25, 0.3) is 0 Å². The molecule has 0 aromatic heterocycles. The number of rotatable bonds is 8. The van der Waals surface area contributed by atoms with Gasteiger partial charge in [0.15, 0.2) is 0 Å². The van der Waals surface area contributed by atoms with Gasteiger partial charge in [-0.05, 0) is 41.2 Å². The fourth-order valence-corrected chi connectivity index (χ4v) is 4.97. The Morgan fingerprint density at radius 1 is 1.00 bits per heavy atom. The van der Waals surface area contributed by atoms with E-state index in [1.54, 1.807) is 13.8 Å². The molecule has 2 aromatic carbocycles. The van der Waals surface area contributed by atoms with Crippen molar-refractivity contribution in [3.63, 3.8) is 0 Å². The maximum absolute atomic E-state index is 14.4. The van der Waals surface area contributed by atoms with Crippen LogP contribution in [-0.2, 0) is 10.0 Å². The predicted octanol–water partition coefficient (Wildman–Crippen LogP) is 5.36. The predicted molar refractivity (Wildman–Crippen MR) is 119 cm³/mol. The highest BCUT2D eigenvalue weighted by Gasteiger charge is 2.27. The normalized spacial score (nSPS) is 12.1. The van der Waals surface area contributed by atoms with Crippen LogP contribution in [0.15, 0.2) is 41.3 Å². The van der Waals surface area contributed by atoms with Crippen LogP contribution in [-0.4, -0.2) is 31.7 Å². The second-order valence-electron chi connectivity index (χ2n) is 7.81. The molecule has 0 fully saturated rings. The molecule has 0 aliphatic rings. The van der Waals surface area contributed by atoms with E-state index in [9.17, 15) is 17.6 Å². The number of halogens is 1. The van der Waals surface area contributed by atoms with Gasteiger partial charge in [-0.2, -0.15) is 4.31 Å². The second kappa shape index (κ2) is 9.71. The summed E-state index contributed by atoms with van der Waals surface area (Å²) in [5, 5.41) is 2.94. The van der Waals surface area contributed by atoms with E-state index >= 15 is 0 Å². The van der Waals surface area contributed by atoms with Gasteiger partial charge in [0.2, 0.25) is 10.0 Å². The van der Waals surface area contributed by atoms with Crippen molar-refractivity contribution >= 4 is 21.6 Å². The highest BCUT2D eigenvalue weighted by atomic mass is 32.2. The smallest absolute Gasteiger partial charge is 0.255 e. The van der Waals surface area contributed by atoms with Crippen molar-refractivity contribution in [2.24, 2.45) is 0 Å². The maximum atomic E-state index is 14.4. The molecule has 7 heteroatoms. The van der Waals surface area contributed by atoms with E-state index in [1.165, 1.54) is 6.07 Å². The summed E-state index contributed by atoms with van der Waals surface area (Å²) in [6, 6.07) is 9.35. The number of para-hydroxylation sites is 1. The molecule has 0 saturated heterocycles. The average molecular weight is 435 g/mol. The molecule has 5 nitrogen and oxygen atoms in total. The summed E-state index contributed by atoms with van der Waals surface area (Å²) < 4.78 is 41.1. The maximum Gasteiger partial charge on any atom is 0.255 e. The van der Waals surface area contributed by atoms with Crippen LogP contribution in [0.1, 0.15) is 74.9 Å². The van der Waals surface area contributed by atoms with Crippen molar-refractivity contribution in [3.05, 3.63) is 58.9 Å². The zero-order valence-electron chi connectivity index (χ0n) is 18.5. The number of carbonyl (C=O) groups is 1. The number of nitrogens with one attached hydrogen (secondary N) is 1. The molecular formula is C23H31FN2O3S. The quantitative estimate of drug-likeness (QED) is 0.609. The number of nitrogens with zero attached hydrogens (tertiary/aromatic N) is 1. The number of hydrogen-bond donors (Lipinski definition) is 1. The first kappa shape index (κ1) is 24.0. The molecule has 0 spiro atoms. The lowest BCUT2D eigenvalue weighted by atomic mass is 9.92. The Labute approximate surface area is 179 Å². The lowest BCUT2D eigenvalue weighted by Crippen LogP contribution is -2.31. The van der Waals surface area contributed by atoms with Gasteiger partial charge in [0.25, 0.3) is 5.91 Å². The molecule has 0 aliphatic heterocycles. The Kier molecular flexibility index (Phi) is 7.77. The van der Waals surface area contributed by atoms with Gasteiger partial charge in [-0.25, -0.2) is 12.8 Å². The number of sulfonamides is 1. The molecule has 0 aliphatic carbocycles. The van der Waals surface area contributed by atoms with Crippen LogP contribution >= 0.6 is 0 Å². The number of hydrogen-bond acceptors (Lipinski definition) is 3. The summed E-state index contributed by atoms with van der Waals surface area (Å²) in [6.07, 6.45) is 0. The highest BCUT2D eigenvalue weighted by molar-refractivity contribution is 7.89. The summed E-state index contributed by atoms with van der Waals surface area (Å²) in [5.74, 6) is -0.971. The first-order valence-electron chi connectivity index (χ1n) is 10.3. The number of anilines is 1. The molecule has 30 heavy (non-hydrogen) atoms. The summed E-state index contributed by atoms with van der Waals surface area (Å²) in [4.78, 5) is 12.5. The Balaban J connectivity index is 2.50. The van der Waals surface area contributed by atoms with Crippen molar-refractivity contribution in [1.29, 1.82) is 0 Å². The Hall–Kier alpha value is -2.25. The minimum atomic E-state index is -4.03. The van der Waals surface area contributed by atoms with Crippen molar-refractivity contribution in [1.82, 2.24) is 4.31 Å².